The van der Waals surface area contributed by atoms with Gasteiger partial charge in [-0.15, -0.1) is 0 Å². The molecule has 3 aromatic rings. The fourth-order valence-electron chi connectivity index (χ4n) is 4.43. The van der Waals surface area contributed by atoms with E-state index in [9.17, 15) is 4.79 Å². The van der Waals surface area contributed by atoms with Crippen molar-refractivity contribution in [3.05, 3.63) is 42.1 Å². The van der Waals surface area contributed by atoms with E-state index < -0.39 is 0 Å². The van der Waals surface area contributed by atoms with E-state index in [0.29, 0.717) is 38.0 Å². The van der Waals surface area contributed by atoms with Crippen molar-refractivity contribution in [2.75, 3.05) is 31.3 Å². The molecule has 2 aromatic heterocycles. The molecule has 0 N–H and O–H groups in total. The van der Waals surface area contributed by atoms with Gasteiger partial charge >= 0.3 is 0 Å². The maximum atomic E-state index is 11.2. The summed E-state index contributed by atoms with van der Waals surface area (Å²) in [5, 5.41) is 0. The van der Waals surface area contributed by atoms with Gasteiger partial charge in [-0.1, -0.05) is 0 Å². The molecule has 1 aromatic carbocycles. The van der Waals surface area contributed by atoms with Crippen LogP contribution in [0.25, 0.3) is 22.4 Å². The van der Waals surface area contributed by atoms with E-state index in [1.807, 2.05) is 24.4 Å². The standard InChI is InChI=1S/C23H26N4O3/c1-16-3-2-8-26(16)22-7-5-18(12-24-22)23-25-20-11-17(14-28)4-6-21(20)27(23)13-19-15-29-9-10-30-19/h4-7,11-12,14,16,19H,2-3,8-10,13,15H2,1H3/t16?,19-/m1/s1. The molecule has 0 radical (unpaired) electrons. The number of carbonyl (C=O) groups is 1. The molecule has 156 valence electrons. The fraction of sp³-hybridized carbons (Fsp3) is 0.435. The lowest BCUT2D eigenvalue weighted by atomic mass is 10.2. The molecule has 5 rings (SSSR count). The number of fused-ring (bicyclic) bond motifs is 1. The maximum Gasteiger partial charge on any atom is 0.150 e. The minimum Gasteiger partial charge on any atom is -0.376 e. The van der Waals surface area contributed by atoms with Gasteiger partial charge in [0.1, 0.15) is 17.9 Å². The minimum atomic E-state index is -0.0293. The van der Waals surface area contributed by atoms with E-state index in [1.54, 1.807) is 0 Å². The van der Waals surface area contributed by atoms with Crippen molar-refractivity contribution in [3.8, 4) is 11.4 Å². The molecule has 0 bridgehead atoms. The first kappa shape index (κ1) is 19.2. The second kappa shape index (κ2) is 8.16. The Morgan fingerprint density at radius 2 is 2.17 bits per heavy atom. The van der Waals surface area contributed by atoms with Crippen LogP contribution in [-0.2, 0) is 16.0 Å². The number of hydrogen-bond acceptors (Lipinski definition) is 6. The summed E-state index contributed by atoms with van der Waals surface area (Å²) in [5.41, 5.74) is 3.34. The maximum absolute atomic E-state index is 11.2. The van der Waals surface area contributed by atoms with Crippen molar-refractivity contribution >= 4 is 23.1 Å². The van der Waals surface area contributed by atoms with Crippen LogP contribution in [0.2, 0.25) is 0 Å². The summed E-state index contributed by atoms with van der Waals surface area (Å²) in [6.45, 7) is 5.74. The summed E-state index contributed by atoms with van der Waals surface area (Å²) in [7, 11) is 0. The molecular weight excluding hydrogens is 380 g/mol. The average Bonchev–Trinajstić information content (AvgIpc) is 3.38. The molecule has 30 heavy (non-hydrogen) atoms. The summed E-state index contributed by atoms with van der Waals surface area (Å²) in [4.78, 5) is 23.2. The highest BCUT2D eigenvalue weighted by molar-refractivity contribution is 5.87. The van der Waals surface area contributed by atoms with Crippen LogP contribution in [0.3, 0.4) is 0 Å². The van der Waals surface area contributed by atoms with Crippen LogP contribution in [0.15, 0.2) is 36.5 Å². The van der Waals surface area contributed by atoms with Crippen LogP contribution in [0.5, 0.6) is 0 Å². The number of ether oxygens (including phenoxy) is 2. The zero-order chi connectivity index (χ0) is 20.5. The monoisotopic (exact) mass is 406 g/mol. The number of nitrogens with zero attached hydrogens (tertiary/aromatic N) is 4. The van der Waals surface area contributed by atoms with Crippen LogP contribution in [0.1, 0.15) is 30.1 Å². The molecule has 0 spiro atoms. The smallest absolute Gasteiger partial charge is 0.150 e. The van der Waals surface area contributed by atoms with Crippen molar-refractivity contribution in [1.82, 2.24) is 14.5 Å². The highest BCUT2D eigenvalue weighted by Gasteiger charge is 2.23. The molecule has 0 aliphatic carbocycles. The fourth-order valence-corrected chi connectivity index (χ4v) is 4.43. The summed E-state index contributed by atoms with van der Waals surface area (Å²) < 4.78 is 13.6. The van der Waals surface area contributed by atoms with Crippen molar-refractivity contribution in [3.63, 3.8) is 0 Å². The Morgan fingerprint density at radius 3 is 2.87 bits per heavy atom. The summed E-state index contributed by atoms with van der Waals surface area (Å²) >= 11 is 0. The predicted octanol–water partition coefficient (Wildman–Crippen LogP) is 3.31. The summed E-state index contributed by atoms with van der Waals surface area (Å²) in [6.07, 6.45) is 5.14. The second-order valence-electron chi connectivity index (χ2n) is 8.07. The van der Waals surface area contributed by atoms with Crippen LogP contribution in [-0.4, -0.2) is 59.3 Å². The van der Waals surface area contributed by atoms with E-state index in [-0.39, 0.29) is 6.10 Å². The van der Waals surface area contributed by atoms with Gasteiger partial charge in [0, 0.05) is 29.9 Å². The van der Waals surface area contributed by atoms with Crippen LogP contribution in [0.4, 0.5) is 5.82 Å². The minimum absolute atomic E-state index is 0.0293. The van der Waals surface area contributed by atoms with E-state index in [0.717, 1.165) is 41.1 Å². The molecule has 4 heterocycles. The molecule has 2 aliphatic heterocycles. The number of anilines is 1. The summed E-state index contributed by atoms with van der Waals surface area (Å²) in [6, 6.07) is 10.3. The topological polar surface area (TPSA) is 69.5 Å². The van der Waals surface area contributed by atoms with E-state index in [2.05, 4.69) is 28.5 Å². The Hall–Kier alpha value is -2.77. The zero-order valence-electron chi connectivity index (χ0n) is 17.2. The van der Waals surface area contributed by atoms with E-state index >= 15 is 0 Å². The third kappa shape index (κ3) is 3.59. The molecular formula is C23H26N4O3. The molecule has 2 atom stereocenters. The van der Waals surface area contributed by atoms with Crippen molar-refractivity contribution in [2.45, 2.75) is 38.5 Å². The second-order valence-corrected chi connectivity index (χ2v) is 8.07. The Kier molecular flexibility index (Phi) is 5.23. The van der Waals surface area contributed by atoms with Gasteiger partial charge in [-0.3, -0.25) is 4.79 Å². The number of rotatable bonds is 5. The molecule has 0 amide bonds. The molecule has 7 nitrogen and oxygen atoms in total. The Morgan fingerprint density at radius 1 is 1.23 bits per heavy atom. The van der Waals surface area contributed by atoms with Gasteiger partial charge in [0.2, 0.25) is 0 Å². The molecule has 2 fully saturated rings. The van der Waals surface area contributed by atoms with Gasteiger partial charge in [0.05, 0.1) is 43.5 Å². The predicted molar refractivity (Wildman–Crippen MR) is 115 cm³/mol. The van der Waals surface area contributed by atoms with Gasteiger partial charge < -0.3 is 18.9 Å². The summed E-state index contributed by atoms with van der Waals surface area (Å²) in [5.74, 6) is 1.84. The van der Waals surface area contributed by atoms with Gasteiger partial charge in [0.15, 0.2) is 0 Å². The van der Waals surface area contributed by atoms with Gasteiger partial charge in [-0.25, -0.2) is 9.97 Å². The number of pyridine rings is 1. The lowest BCUT2D eigenvalue weighted by Crippen LogP contribution is -2.32. The first-order valence-corrected chi connectivity index (χ1v) is 10.6. The van der Waals surface area contributed by atoms with Gasteiger partial charge in [-0.05, 0) is 50.1 Å². The lowest BCUT2D eigenvalue weighted by Gasteiger charge is -2.24. The first-order valence-electron chi connectivity index (χ1n) is 10.6. The normalized spacial score (nSPS) is 22.0. The Labute approximate surface area is 175 Å². The molecule has 7 heteroatoms. The van der Waals surface area contributed by atoms with Crippen LogP contribution >= 0.6 is 0 Å². The van der Waals surface area contributed by atoms with Crippen molar-refractivity contribution in [2.24, 2.45) is 0 Å². The first-order chi connectivity index (χ1) is 14.7. The van der Waals surface area contributed by atoms with Gasteiger partial charge in [-0.2, -0.15) is 0 Å². The van der Waals surface area contributed by atoms with Gasteiger partial charge in [0.25, 0.3) is 0 Å². The SMILES string of the molecule is CC1CCCN1c1ccc(-c2nc3cc(C=O)ccc3n2C[C@@H]2COCCO2)cn1. The largest absolute Gasteiger partial charge is 0.376 e. The number of aromatic nitrogens is 3. The lowest BCUT2D eigenvalue weighted by molar-refractivity contribution is -0.0931. The number of imidazole rings is 1. The third-order valence-electron chi connectivity index (χ3n) is 6.03. The van der Waals surface area contributed by atoms with E-state index in [4.69, 9.17) is 19.4 Å². The molecule has 2 aliphatic rings. The van der Waals surface area contributed by atoms with E-state index in [1.165, 1.54) is 12.8 Å². The number of benzene rings is 1. The Balaban J connectivity index is 1.53. The molecule has 1 unspecified atom stereocenters. The highest BCUT2D eigenvalue weighted by Crippen LogP contribution is 2.29. The average molecular weight is 406 g/mol. The highest BCUT2D eigenvalue weighted by atomic mass is 16.6. The zero-order valence-corrected chi connectivity index (χ0v) is 17.2. The van der Waals surface area contributed by atoms with Crippen LogP contribution < -0.4 is 4.90 Å². The number of aldehydes is 1. The quantitative estimate of drug-likeness (QED) is 0.606. The molecule has 0 saturated carbocycles. The van der Waals surface area contributed by atoms with Crippen molar-refractivity contribution in [1.29, 1.82) is 0 Å². The third-order valence-corrected chi connectivity index (χ3v) is 6.03. The number of hydrogen-bond donors (Lipinski definition) is 0. The van der Waals surface area contributed by atoms with Crippen LogP contribution in [0, 0.1) is 0 Å². The van der Waals surface area contributed by atoms with Crippen molar-refractivity contribution < 1.29 is 14.3 Å². The number of carbonyl (C=O) groups excluding carboxylic acids is 1. The Bertz CT molecular complexity index is 1040. The molecule has 2 saturated heterocycles.